The number of carbonyl (C=O) groups excluding carboxylic acids is 2. The van der Waals surface area contributed by atoms with Gasteiger partial charge in [0, 0.05) is 12.1 Å². The van der Waals surface area contributed by atoms with E-state index in [4.69, 9.17) is 9.47 Å². The molecule has 0 saturated carbocycles. The van der Waals surface area contributed by atoms with E-state index < -0.39 is 22.9 Å². The van der Waals surface area contributed by atoms with Crippen molar-refractivity contribution >= 4 is 34.6 Å². The van der Waals surface area contributed by atoms with Crippen LogP contribution in [0.3, 0.4) is 0 Å². The Kier molecular flexibility index (Phi) is 5.71. The summed E-state index contributed by atoms with van der Waals surface area (Å²) in [6, 6.07) is 5.59. The van der Waals surface area contributed by atoms with Gasteiger partial charge in [0.25, 0.3) is 11.6 Å². The molecule has 0 aliphatic rings. The number of esters is 1. The fraction of sp³-hybridized carbons (Fsp3) is 0.250. The molecule has 1 aromatic heterocycles. The highest BCUT2D eigenvalue weighted by atomic mass is 32.1. The number of anilines is 1. The number of amides is 1. The van der Waals surface area contributed by atoms with E-state index in [9.17, 15) is 19.7 Å². The van der Waals surface area contributed by atoms with Gasteiger partial charge in [0.05, 0.1) is 17.7 Å². The molecule has 0 unspecified atom stereocenters. The molecule has 25 heavy (non-hydrogen) atoms. The number of aryl methyl sites for hydroxylation is 1. The summed E-state index contributed by atoms with van der Waals surface area (Å²) in [6.45, 7) is 3.19. The SMILES string of the molecule is COc1ccc([N+](=O)[O-])cc1NC(=O)[C@@H](C)OC(=O)c1sccc1C. The molecule has 0 fully saturated rings. The van der Waals surface area contributed by atoms with Crippen molar-refractivity contribution in [1.82, 2.24) is 0 Å². The summed E-state index contributed by atoms with van der Waals surface area (Å²) in [6.07, 6.45) is -1.09. The van der Waals surface area contributed by atoms with Crippen molar-refractivity contribution in [3.63, 3.8) is 0 Å². The lowest BCUT2D eigenvalue weighted by molar-refractivity contribution is -0.384. The van der Waals surface area contributed by atoms with Gasteiger partial charge in [-0.1, -0.05) is 0 Å². The number of nitrogens with one attached hydrogen (secondary N) is 1. The summed E-state index contributed by atoms with van der Waals surface area (Å²) in [7, 11) is 1.37. The molecule has 9 heteroatoms. The van der Waals surface area contributed by atoms with Crippen LogP contribution in [0.5, 0.6) is 5.75 Å². The van der Waals surface area contributed by atoms with Gasteiger partial charge in [0.2, 0.25) is 0 Å². The van der Waals surface area contributed by atoms with Gasteiger partial charge < -0.3 is 14.8 Å². The molecular weight excluding hydrogens is 348 g/mol. The van der Waals surface area contributed by atoms with E-state index in [0.717, 1.165) is 5.56 Å². The lowest BCUT2D eigenvalue weighted by Gasteiger charge is -2.15. The van der Waals surface area contributed by atoms with Crippen LogP contribution >= 0.6 is 11.3 Å². The van der Waals surface area contributed by atoms with Gasteiger partial charge in [-0.3, -0.25) is 14.9 Å². The Balaban J connectivity index is 2.10. The topological polar surface area (TPSA) is 108 Å². The number of nitro benzene ring substituents is 1. The number of nitrogens with zero attached hydrogens (tertiary/aromatic N) is 1. The van der Waals surface area contributed by atoms with Gasteiger partial charge >= 0.3 is 5.97 Å². The Morgan fingerprint density at radius 2 is 2.04 bits per heavy atom. The van der Waals surface area contributed by atoms with E-state index in [1.54, 1.807) is 18.4 Å². The summed E-state index contributed by atoms with van der Waals surface area (Å²) in [5.74, 6) is -0.964. The predicted octanol–water partition coefficient (Wildman–Crippen LogP) is 3.16. The number of non-ortho nitro benzene ring substituents is 1. The molecular formula is C16H16N2O6S. The van der Waals surface area contributed by atoms with Crippen molar-refractivity contribution in [2.45, 2.75) is 20.0 Å². The van der Waals surface area contributed by atoms with Crippen LogP contribution in [0.4, 0.5) is 11.4 Å². The molecule has 8 nitrogen and oxygen atoms in total. The van der Waals surface area contributed by atoms with Crippen LogP contribution in [-0.4, -0.2) is 30.0 Å². The second kappa shape index (κ2) is 7.75. The van der Waals surface area contributed by atoms with Crippen LogP contribution in [0.25, 0.3) is 0 Å². The number of methoxy groups -OCH3 is 1. The second-order valence-electron chi connectivity index (χ2n) is 5.11. The van der Waals surface area contributed by atoms with Crippen LogP contribution in [-0.2, 0) is 9.53 Å². The van der Waals surface area contributed by atoms with Gasteiger partial charge in [-0.15, -0.1) is 11.3 Å². The average molecular weight is 364 g/mol. The lowest BCUT2D eigenvalue weighted by Crippen LogP contribution is -2.30. The number of hydrogen-bond acceptors (Lipinski definition) is 7. The number of ether oxygens (including phenoxy) is 2. The Hall–Kier alpha value is -2.94. The Labute approximate surface area is 147 Å². The number of thiophene rings is 1. The predicted molar refractivity (Wildman–Crippen MR) is 92.2 cm³/mol. The van der Waals surface area contributed by atoms with Crippen LogP contribution in [0.1, 0.15) is 22.2 Å². The van der Waals surface area contributed by atoms with Crippen LogP contribution in [0.15, 0.2) is 29.6 Å². The average Bonchev–Trinajstić information content (AvgIpc) is 3.00. The second-order valence-corrected chi connectivity index (χ2v) is 6.03. The maximum atomic E-state index is 12.2. The molecule has 2 rings (SSSR count). The molecule has 1 N–H and O–H groups in total. The minimum absolute atomic E-state index is 0.122. The highest BCUT2D eigenvalue weighted by molar-refractivity contribution is 7.12. The Bertz CT molecular complexity index is 817. The van der Waals surface area contributed by atoms with Gasteiger partial charge in [0.15, 0.2) is 6.10 Å². The Morgan fingerprint density at radius 3 is 2.60 bits per heavy atom. The van der Waals surface area contributed by atoms with Crippen molar-refractivity contribution in [3.8, 4) is 5.75 Å². The molecule has 0 saturated heterocycles. The fourth-order valence-electron chi connectivity index (χ4n) is 1.99. The Morgan fingerprint density at radius 1 is 1.32 bits per heavy atom. The van der Waals surface area contributed by atoms with E-state index in [2.05, 4.69) is 5.32 Å². The maximum absolute atomic E-state index is 12.2. The summed E-state index contributed by atoms with van der Waals surface area (Å²) >= 11 is 1.23. The molecule has 1 atom stereocenters. The fourth-order valence-corrected chi connectivity index (χ4v) is 2.80. The van der Waals surface area contributed by atoms with E-state index >= 15 is 0 Å². The lowest BCUT2D eigenvalue weighted by atomic mass is 10.2. The van der Waals surface area contributed by atoms with Crippen molar-refractivity contribution in [3.05, 3.63) is 50.2 Å². The number of nitro groups is 1. The van der Waals surface area contributed by atoms with Crippen LogP contribution < -0.4 is 10.1 Å². The number of rotatable bonds is 6. The standard InChI is InChI=1S/C16H16N2O6S/c1-9-6-7-25-14(9)16(20)24-10(2)15(19)17-12-8-11(18(21)22)4-5-13(12)23-3/h4-8,10H,1-3H3,(H,17,19)/t10-/m1/s1. The largest absolute Gasteiger partial charge is 0.495 e. The molecule has 0 spiro atoms. The first-order valence-electron chi connectivity index (χ1n) is 7.22. The molecule has 1 aromatic carbocycles. The highest BCUT2D eigenvalue weighted by Gasteiger charge is 2.22. The number of hydrogen-bond donors (Lipinski definition) is 1. The van der Waals surface area contributed by atoms with E-state index in [1.807, 2.05) is 0 Å². The maximum Gasteiger partial charge on any atom is 0.349 e. The van der Waals surface area contributed by atoms with Crippen molar-refractivity contribution < 1.29 is 24.0 Å². The zero-order valence-corrected chi connectivity index (χ0v) is 14.6. The van der Waals surface area contributed by atoms with Crippen molar-refractivity contribution in [2.24, 2.45) is 0 Å². The van der Waals surface area contributed by atoms with Crippen LogP contribution in [0.2, 0.25) is 0 Å². The van der Waals surface area contributed by atoms with Gasteiger partial charge in [-0.25, -0.2) is 4.79 Å². The van der Waals surface area contributed by atoms with Crippen LogP contribution in [0, 0.1) is 17.0 Å². The minimum atomic E-state index is -1.09. The van der Waals surface area contributed by atoms with Gasteiger partial charge in [0.1, 0.15) is 10.6 Å². The molecule has 2 aromatic rings. The van der Waals surface area contributed by atoms with E-state index in [0.29, 0.717) is 4.88 Å². The third kappa shape index (κ3) is 4.32. The quantitative estimate of drug-likeness (QED) is 0.479. The van der Waals surface area contributed by atoms with E-state index in [-0.39, 0.29) is 17.1 Å². The van der Waals surface area contributed by atoms with Crippen molar-refractivity contribution in [1.29, 1.82) is 0 Å². The first-order valence-corrected chi connectivity index (χ1v) is 8.09. The molecule has 132 valence electrons. The molecule has 1 amide bonds. The monoisotopic (exact) mass is 364 g/mol. The third-order valence-corrected chi connectivity index (χ3v) is 4.35. The van der Waals surface area contributed by atoms with E-state index in [1.165, 1.54) is 43.6 Å². The molecule has 0 radical (unpaired) electrons. The molecule has 0 bridgehead atoms. The summed E-state index contributed by atoms with van der Waals surface area (Å²) in [5, 5.41) is 15.1. The van der Waals surface area contributed by atoms with Gasteiger partial charge in [-0.05, 0) is 36.9 Å². The highest BCUT2D eigenvalue weighted by Crippen LogP contribution is 2.29. The first-order chi connectivity index (χ1) is 11.8. The number of carbonyl (C=O) groups is 2. The number of benzene rings is 1. The normalized spacial score (nSPS) is 11.5. The summed E-state index contributed by atoms with van der Waals surface area (Å²) in [4.78, 5) is 35.0. The minimum Gasteiger partial charge on any atom is -0.495 e. The zero-order valence-electron chi connectivity index (χ0n) is 13.8. The zero-order chi connectivity index (χ0) is 18.6. The molecule has 1 heterocycles. The molecule has 0 aliphatic heterocycles. The third-order valence-electron chi connectivity index (χ3n) is 3.35. The first kappa shape index (κ1) is 18.4. The van der Waals surface area contributed by atoms with Gasteiger partial charge in [-0.2, -0.15) is 0 Å². The summed E-state index contributed by atoms with van der Waals surface area (Å²) in [5.41, 5.74) is 0.690. The van der Waals surface area contributed by atoms with Crippen molar-refractivity contribution in [2.75, 3.05) is 12.4 Å². The smallest absolute Gasteiger partial charge is 0.349 e. The summed E-state index contributed by atoms with van der Waals surface area (Å²) < 4.78 is 10.2. The molecule has 0 aliphatic carbocycles.